The van der Waals surface area contributed by atoms with Crippen molar-refractivity contribution in [3.05, 3.63) is 53.3 Å². The van der Waals surface area contributed by atoms with Crippen LogP contribution in [0.15, 0.2) is 36.4 Å². The molecule has 0 radical (unpaired) electrons. The maximum Gasteiger partial charge on any atom is 0.258 e. The molecule has 2 atom stereocenters. The molecule has 4 rings (SSSR count). The number of β-amino-alcohol motifs (C(OH)–C–C–N with tert-alkyl or cyclic N) is 1. The first-order valence-electron chi connectivity index (χ1n) is 13.5. The third kappa shape index (κ3) is 6.26. The summed E-state index contributed by atoms with van der Waals surface area (Å²) < 4.78 is 35.1. The SMILES string of the molecule is CC(C)(F)CN1CCC(COc2ccc(-c3cccc(F)c3C(=O)N3C[C@H](O)C[C@]3(C)C(N)=O)cc2C#N)CC1. The molecular weight excluding hydrogens is 518 g/mol. The van der Waals surface area contributed by atoms with Crippen LogP contribution in [0.1, 0.15) is 56.0 Å². The molecule has 2 fully saturated rings. The molecule has 40 heavy (non-hydrogen) atoms. The number of nitrogens with two attached hydrogens (primary N) is 1. The minimum Gasteiger partial charge on any atom is -0.492 e. The Kier molecular flexibility index (Phi) is 8.47. The zero-order valence-electron chi connectivity index (χ0n) is 23.1. The predicted molar refractivity (Wildman–Crippen MR) is 146 cm³/mol. The largest absolute Gasteiger partial charge is 0.492 e. The van der Waals surface area contributed by atoms with E-state index in [4.69, 9.17) is 10.5 Å². The van der Waals surface area contributed by atoms with Gasteiger partial charge in [-0.1, -0.05) is 18.2 Å². The van der Waals surface area contributed by atoms with Crippen LogP contribution in [0.4, 0.5) is 8.78 Å². The van der Waals surface area contributed by atoms with Crippen LogP contribution in [0, 0.1) is 23.1 Å². The number of benzene rings is 2. The molecule has 0 aliphatic carbocycles. The van der Waals surface area contributed by atoms with Gasteiger partial charge < -0.3 is 25.4 Å². The normalized spacial score (nSPS) is 22.2. The number of piperidine rings is 1. The lowest BCUT2D eigenvalue weighted by molar-refractivity contribution is -0.126. The van der Waals surface area contributed by atoms with Crippen molar-refractivity contribution in [2.24, 2.45) is 11.7 Å². The summed E-state index contributed by atoms with van der Waals surface area (Å²) in [6, 6.07) is 11.1. The van der Waals surface area contributed by atoms with E-state index in [1.165, 1.54) is 13.0 Å². The lowest BCUT2D eigenvalue weighted by Crippen LogP contribution is -2.54. The average Bonchev–Trinajstić information content (AvgIpc) is 3.22. The Morgan fingerprint density at radius 3 is 2.58 bits per heavy atom. The van der Waals surface area contributed by atoms with E-state index in [9.17, 15) is 24.3 Å². The average molecular weight is 555 g/mol. The summed E-state index contributed by atoms with van der Waals surface area (Å²) in [5.74, 6) is -1.70. The molecule has 8 nitrogen and oxygen atoms in total. The van der Waals surface area contributed by atoms with Gasteiger partial charge in [-0.25, -0.2) is 8.78 Å². The quantitative estimate of drug-likeness (QED) is 0.514. The van der Waals surface area contributed by atoms with Gasteiger partial charge in [0.25, 0.3) is 5.91 Å². The number of hydrogen-bond acceptors (Lipinski definition) is 6. The van der Waals surface area contributed by atoms with E-state index in [1.54, 1.807) is 38.1 Å². The monoisotopic (exact) mass is 554 g/mol. The molecule has 0 spiro atoms. The van der Waals surface area contributed by atoms with Gasteiger partial charge in [-0.3, -0.25) is 9.59 Å². The van der Waals surface area contributed by atoms with Gasteiger partial charge in [0.2, 0.25) is 5.91 Å². The second kappa shape index (κ2) is 11.5. The summed E-state index contributed by atoms with van der Waals surface area (Å²) in [5, 5.41) is 20.0. The van der Waals surface area contributed by atoms with Crippen molar-refractivity contribution in [2.75, 3.05) is 32.8 Å². The number of hydrogen-bond donors (Lipinski definition) is 2. The van der Waals surface area contributed by atoms with Gasteiger partial charge in [0.15, 0.2) is 0 Å². The number of likely N-dealkylation sites (tertiary alicyclic amines) is 2. The minimum atomic E-state index is -1.47. The number of aliphatic hydroxyl groups is 1. The lowest BCUT2D eigenvalue weighted by atomic mass is 9.93. The van der Waals surface area contributed by atoms with Crippen molar-refractivity contribution in [1.29, 1.82) is 5.26 Å². The van der Waals surface area contributed by atoms with Crippen LogP contribution in [0.3, 0.4) is 0 Å². The molecule has 2 heterocycles. The third-order valence-electron chi connectivity index (χ3n) is 7.82. The number of nitriles is 1. The molecule has 2 aromatic rings. The number of ether oxygens (including phenoxy) is 1. The standard InChI is InChI=1S/C30H36F2N4O4/c1-29(2,32)18-35-11-9-19(10-12-35)17-40-25-8-7-20(13-21(25)15-33)23-5-4-6-24(31)26(23)27(38)36-16-22(37)14-30(36,3)28(34)39/h4-8,13,19,22,37H,9-12,14,16-18H2,1-3H3,(H2,34,39)/t22-,30-/m1/s1. The zero-order valence-corrected chi connectivity index (χ0v) is 23.1. The van der Waals surface area contributed by atoms with Crippen LogP contribution >= 0.6 is 0 Å². The van der Waals surface area contributed by atoms with Crippen molar-refractivity contribution in [2.45, 2.75) is 57.3 Å². The summed E-state index contributed by atoms with van der Waals surface area (Å²) in [4.78, 5) is 29.0. The Morgan fingerprint density at radius 1 is 1.25 bits per heavy atom. The van der Waals surface area contributed by atoms with Crippen molar-refractivity contribution in [1.82, 2.24) is 9.80 Å². The van der Waals surface area contributed by atoms with Gasteiger partial charge in [-0.05, 0) is 81.9 Å². The fraction of sp³-hybridized carbons (Fsp3) is 0.500. The smallest absolute Gasteiger partial charge is 0.258 e. The number of amides is 2. The molecule has 3 N–H and O–H groups in total. The maximum atomic E-state index is 15.2. The summed E-state index contributed by atoms with van der Waals surface area (Å²) in [5.41, 5.74) is 3.47. The molecule has 0 unspecified atom stereocenters. The van der Waals surface area contributed by atoms with Crippen molar-refractivity contribution >= 4 is 11.8 Å². The van der Waals surface area contributed by atoms with Gasteiger partial charge in [-0.15, -0.1) is 0 Å². The molecule has 0 saturated carbocycles. The first-order valence-corrected chi connectivity index (χ1v) is 13.5. The molecule has 2 saturated heterocycles. The number of aliphatic hydroxyl groups excluding tert-OH is 1. The van der Waals surface area contributed by atoms with Crippen molar-refractivity contribution < 1.29 is 28.2 Å². The summed E-state index contributed by atoms with van der Waals surface area (Å²) in [6.45, 7) is 6.82. The van der Waals surface area contributed by atoms with Crippen LogP contribution in [0.2, 0.25) is 0 Å². The van der Waals surface area contributed by atoms with Crippen molar-refractivity contribution in [3.63, 3.8) is 0 Å². The molecule has 214 valence electrons. The number of alkyl halides is 1. The molecule has 0 bridgehead atoms. The summed E-state index contributed by atoms with van der Waals surface area (Å²) in [7, 11) is 0. The van der Waals surface area contributed by atoms with E-state index in [-0.39, 0.29) is 35.6 Å². The van der Waals surface area contributed by atoms with Crippen LogP contribution < -0.4 is 10.5 Å². The number of primary amides is 1. The van der Waals surface area contributed by atoms with E-state index in [1.807, 2.05) is 0 Å². The highest BCUT2D eigenvalue weighted by Gasteiger charge is 2.49. The molecule has 0 aromatic heterocycles. The molecule has 2 aromatic carbocycles. The maximum absolute atomic E-state index is 15.2. The topological polar surface area (TPSA) is 120 Å². The molecule has 2 aliphatic rings. The number of carbonyl (C=O) groups excluding carboxylic acids is 2. The number of rotatable bonds is 8. The summed E-state index contributed by atoms with van der Waals surface area (Å²) >= 11 is 0. The number of nitrogens with zero attached hydrogens (tertiary/aromatic N) is 3. The third-order valence-corrected chi connectivity index (χ3v) is 7.82. The Balaban J connectivity index is 1.53. The number of carbonyl (C=O) groups is 2. The van der Waals surface area contributed by atoms with Gasteiger partial charge in [0, 0.05) is 19.5 Å². The Bertz CT molecular complexity index is 1310. The van der Waals surface area contributed by atoms with Crippen LogP contribution in [0.5, 0.6) is 5.75 Å². The molecular formula is C30H36F2N4O4. The van der Waals surface area contributed by atoms with Crippen LogP contribution in [-0.2, 0) is 4.79 Å². The van der Waals surface area contributed by atoms with Crippen LogP contribution in [0.25, 0.3) is 11.1 Å². The Hall–Kier alpha value is -3.55. The van der Waals surface area contributed by atoms with Crippen molar-refractivity contribution in [3.8, 4) is 22.9 Å². The minimum absolute atomic E-state index is 0.0463. The molecule has 10 heteroatoms. The highest BCUT2D eigenvalue weighted by Crippen LogP contribution is 2.35. The Morgan fingerprint density at radius 2 is 1.95 bits per heavy atom. The first kappa shape index (κ1) is 29.4. The Labute approximate surface area is 233 Å². The van der Waals surface area contributed by atoms with E-state index in [0.717, 1.165) is 36.9 Å². The fourth-order valence-corrected chi connectivity index (χ4v) is 5.66. The second-order valence-corrected chi connectivity index (χ2v) is 11.6. The van der Waals surface area contributed by atoms with Gasteiger partial charge in [-0.2, -0.15) is 5.26 Å². The van der Waals surface area contributed by atoms with Crippen LogP contribution in [-0.4, -0.2) is 76.8 Å². The summed E-state index contributed by atoms with van der Waals surface area (Å²) in [6.07, 6.45) is 0.705. The predicted octanol–water partition coefficient (Wildman–Crippen LogP) is 3.65. The fourth-order valence-electron chi connectivity index (χ4n) is 5.66. The van der Waals surface area contributed by atoms with Gasteiger partial charge in [0.05, 0.1) is 23.8 Å². The van der Waals surface area contributed by atoms with E-state index in [2.05, 4.69) is 11.0 Å². The first-order chi connectivity index (χ1) is 18.8. The number of halogens is 2. The van der Waals surface area contributed by atoms with Gasteiger partial charge >= 0.3 is 0 Å². The lowest BCUT2D eigenvalue weighted by Gasteiger charge is -2.34. The van der Waals surface area contributed by atoms with Gasteiger partial charge in [0.1, 0.15) is 28.8 Å². The van der Waals surface area contributed by atoms with E-state index >= 15 is 4.39 Å². The molecule has 2 aliphatic heterocycles. The highest BCUT2D eigenvalue weighted by molar-refractivity contribution is 6.04. The molecule has 2 amide bonds. The van der Waals surface area contributed by atoms with E-state index < -0.39 is 34.9 Å². The second-order valence-electron chi connectivity index (χ2n) is 11.6. The highest BCUT2D eigenvalue weighted by atomic mass is 19.1. The zero-order chi connectivity index (χ0) is 29.2. The van der Waals surface area contributed by atoms with E-state index in [0.29, 0.717) is 24.5 Å².